The third-order valence-electron chi connectivity index (χ3n) is 7.72. The van der Waals surface area contributed by atoms with Gasteiger partial charge in [-0.3, -0.25) is 9.69 Å². The van der Waals surface area contributed by atoms with Gasteiger partial charge >= 0.3 is 0 Å². The molecule has 5 rings (SSSR count). The topological polar surface area (TPSA) is 91.3 Å². The molecule has 206 valence electrons. The minimum Gasteiger partial charge on any atom is -0.395 e. The second-order valence-corrected chi connectivity index (χ2v) is 10.6. The first-order valence-corrected chi connectivity index (χ1v) is 13.8. The molecule has 7 nitrogen and oxygen atoms in total. The SMILES string of the molecule is CC(=O)NCc1cccc(-c2cccc([C@@H]3O[C@H](CN4CCC[C@H]4CO)C[C@H](c4ccc(CO)cc4)O3)c2)c1. The molecule has 39 heavy (non-hydrogen) atoms. The van der Waals surface area contributed by atoms with Crippen molar-refractivity contribution >= 4 is 5.91 Å². The number of ether oxygens (including phenoxy) is 2. The summed E-state index contributed by atoms with van der Waals surface area (Å²) in [6.07, 6.45) is 2.08. The number of nitrogens with zero attached hydrogens (tertiary/aromatic N) is 1. The number of benzene rings is 3. The van der Waals surface area contributed by atoms with Crippen molar-refractivity contribution in [2.75, 3.05) is 19.7 Å². The van der Waals surface area contributed by atoms with Crippen LogP contribution in [0.5, 0.6) is 0 Å². The van der Waals surface area contributed by atoms with Crippen molar-refractivity contribution in [3.63, 3.8) is 0 Å². The molecule has 0 unspecified atom stereocenters. The Morgan fingerprint density at radius 2 is 1.72 bits per heavy atom. The maximum Gasteiger partial charge on any atom is 0.217 e. The number of hydrogen-bond donors (Lipinski definition) is 3. The fourth-order valence-electron chi connectivity index (χ4n) is 5.59. The molecule has 2 aliphatic rings. The summed E-state index contributed by atoms with van der Waals surface area (Å²) in [6, 6.07) is 24.5. The first-order valence-electron chi connectivity index (χ1n) is 13.8. The molecule has 2 heterocycles. The quantitative estimate of drug-likeness (QED) is 0.378. The molecule has 0 bridgehead atoms. The van der Waals surface area contributed by atoms with E-state index in [2.05, 4.69) is 34.5 Å². The molecule has 3 N–H and O–H groups in total. The summed E-state index contributed by atoms with van der Waals surface area (Å²) in [4.78, 5) is 13.7. The summed E-state index contributed by atoms with van der Waals surface area (Å²) in [6.45, 7) is 3.91. The molecule has 3 aromatic rings. The van der Waals surface area contributed by atoms with Gasteiger partial charge in [0.05, 0.1) is 25.4 Å². The van der Waals surface area contributed by atoms with Gasteiger partial charge in [0.25, 0.3) is 0 Å². The molecule has 0 radical (unpaired) electrons. The number of carbonyl (C=O) groups is 1. The Bertz CT molecular complexity index is 1250. The maximum atomic E-state index is 11.4. The molecule has 0 spiro atoms. The number of likely N-dealkylation sites (tertiary alicyclic amines) is 1. The number of hydrogen-bond acceptors (Lipinski definition) is 6. The lowest BCUT2D eigenvalue weighted by Crippen LogP contribution is -2.42. The van der Waals surface area contributed by atoms with E-state index in [-0.39, 0.29) is 37.4 Å². The van der Waals surface area contributed by atoms with Crippen molar-refractivity contribution in [2.45, 2.75) is 63.9 Å². The van der Waals surface area contributed by atoms with Crippen molar-refractivity contribution < 1.29 is 24.5 Å². The summed E-state index contributed by atoms with van der Waals surface area (Å²) in [5, 5.41) is 22.2. The molecule has 2 aliphatic heterocycles. The molecule has 1 amide bonds. The van der Waals surface area contributed by atoms with Gasteiger partial charge in [0.2, 0.25) is 5.91 Å². The Kier molecular flexibility index (Phi) is 9.06. The van der Waals surface area contributed by atoms with Crippen LogP contribution in [0.15, 0.2) is 72.8 Å². The summed E-state index contributed by atoms with van der Waals surface area (Å²) >= 11 is 0. The normalized spacial score (nSPS) is 23.6. The lowest BCUT2D eigenvalue weighted by Gasteiger charge is -2.38. The van der Waals surface area contributed by atoms with Crippen LogP contribution in [0.1, 0.15) is 60.8 Å². The molecule has 3 aromatic carbocycles. The molecule has 2 fully saturated rings. The van der Waals surface area contributed by atoms with Crippen LogP contribution < -0.4 is 5.32 Å². The molecule has 0 aliphatic carbocycles. The van der Waals surface area contributed by atoms with Gasteiger partial charge in [-0.15, -0.1) is 0 Å². The molecule has 7 heteroatoms. The van der Waals surface area contributed by atoms with Crippen molar-refractivity contribution in [1.82, 2.24) is 10.2 Å². The first kappa shape index (κ1) is 27.5. The Morgan fingerprint density at radius 3 is 2.46 bits per heavy atom. The van der Waals surface area contributed by atoms with Crippen LogP contribution >= 0.6 is 0 Å². The maximum absolute atomic E-state index is 11.4. The highest BCUT2D eigenvalue weighted by Gasteiger charge is 2.35. The zero-order valence-corrected chi connectivity index (χ0v) is 22.5. The fraction of sp³-hybridized carbons (Fsp3) is 0.406. The van der Waals surface area contributed by atoms with Gasteiger partial charge in [0.1, 0.15) is 0 Å². The highest BCUT2D eigenvalue weighted by molar-refractivity contribution is 5.73. The second kappa shape index (κ2) is 12.9. The minimum atomic E-state index is -0.538. The summed E-state index contributed by atoms with van der Waals surface area (Å²) in [7, 11) is 0. The number of amides is 1. The molecule has 2 saturated heterocycles. The van der Waals surface area contributed by atoms with E-state index in [0.717, 1.165) is 59.3 Å². The first-order chi connectivity index (χ1) is 19.0. The molecular formula is C32H38N2O5. The van der Waals surface area contributed by atoms with E-state index in [4.69, 9.17) is 9.47 Å². The van der Waals surface area contributed by atoms with Gasteiger partial charge < -0.3 is 25.0 Å². The minimum absolute atomic E-state index is 0.0104. The van der Waals surface area contributed by atoms with Gasteiger partial charge in [-0.2, -0.15) is 0 Å². The van der Waals surface area contributed by atoms with Crippen LogP contribution in [0.2, 0.25) is 0 Å². The molecule has 4 atom stereocenters. The predicted octanol–water partition coefficient (Wildman–Crippen LogP) is 4.48. The lowest BCUT2D eigenvalue weighted by atomic mass is 9.98. The third kappa shape index (κ3) is 6.93. The Morgan fingerprint density at radius 1 is 0.949 bits per heavy atom. The number of aliphatic hydroxyl groups excluding tert-OH is 2. The van der Waals surface area contributed by atoms with Crippen LogP contribution in [-0.4, -0.2) is 52.9 Å². The largest absolute Gasteiger partial charge is 0.395 e. The number of nitrogens with one attached hydrogen (secondary N) is 1. The molecular weight excluding hydrogens is 492 g/mol. The van der Waals surface area contributed by atoms with Gasteiger partial charge in [-0.1, -0.05) is 60.7 Å². The Labute approximate surface area is 230 Å². The van der Waals surface area contributed by atoms with Crippen molar-refractivity contribution in [1.29, 1.82) is 0 Å². The fourth-order valence-corrected chi connectivity index (χ4v) is 5.59. The van der Waals surface area contributed by atoms with Crippen LogP contribution in [0.25, 0.3) is 11.1 Å². The van der Waals surface area contributed by atoms with Gasteiger partial charge in [0, 0.05) is 38.0 Å². The van der Waals surface area contributed by atoms with Gasteiger partial charge in [-0.05, 0) is 59.3 Å². The third-order valence-corrected chi connectivity index (χ3v) is 7.72. The molecule has 0 saturated carbocycles. The van der Waals surface area contributed by atoms with Crippen molar-refractivity contribution in [3.8, 4) is 11.1 Å². The number of rotatable bonds is 9. The van der Waals surface area contributed by atoms with Crippen molar-refractivity contribution in [3.05, 3.63) is 95.1 Å². The standard InChI is InChI=1S/C32H38N2O5/c1-22(37)33-18-24-5-2-6-26(15-24)27-7-3-8-28(16-27)32-38-30(19-34-14-4-9-29(34)21-36)17-31(39-32)25-12-10-23(20-35)11-13-25/h2-3,5-8,10-13,15-16,29-32,35-36H,4,9,14,17-21H2,1H3,(H,33,37)/t29-,30-,31+,32+/m0/s1. The average molecular weight is 531 g/mol. The van der Waals surface area contributed by atoms with Crippen molar-refractivity contribution in [2.24, 2.45) is 0 Å². The smallest absolute Gasteiger partial charge is 0.217 e. The van der Waals surface area contributed by atoms with E-state index < -0.39 is 6.29 Å². The summed E-state index contributed by atoms with van der Waals surface area (Å²) in [5.41, 5.74) is 6.03. The average Bonchev–Trinajstić information content (AvgIpc) is 3.43. The lowest BCUT2D eigenvalue weighted by molar-refractivity contribution is -0.253. The van der Waals surface area contributed by atoms with Gasteiger partial charge in [-0.25, -0.2) is 0 Å². The van der Waals surface area contributed by atoms with E-state index in [9.17, 15) is 15.0 Å². The monoisotopic (exact) mass is 530 g/mol. The van der Waals surface area contributed by atoms with Crippen LogP contribution in [0.3, 0.4) is 0 Å². The van der Waals surface area contributed by atoms with Crippen LogP contribution in [-0.2, 0) is 27.4 Å². The van der Waals surface area contributed by atoms with E-state index in [1.165, 1.54) is 6.92 Å². The van der Waals surface area contributed by atoms with E-state index in [1.54, 1.807) is 0 Å². The second-order valence-electron chi connectivity index (χ2n) is 10.6. The number of carbonyl (C=O) groups excluding carboxylic acids is 1. The zero-order chi connectivity index (χ0) is 27.2. The zero-order valence-electron chi connectivity index (χ0n) is 22.5. The Hall–Kier alpha value is -3.07. The summed E-state index contributed by atoms with van der Waals surface area (Å²) in [5.74, 6) is -0.0525. The van der Waals surface area contributed by atoms with Crippen LogP contribution in [0, 0.1) is 0 Å². The molecule has 0 aromatic heterocycles. The van der Waals surface area contributed by atoms with E-state index in [0.29, 0.717) is 13.0 Å². The number of aliphatic hydroxyl groups is 2. The highest BCUT2D eigenvalue weighted by Crippen LogP contribution is 2.39. The summed E-state index contributed by atoms with van der Waals surface area (Å²) < 4.78 is 13.1. The Balaban J connectivity index is 1.39. The predicted molar refractivity (Wildman–Crippen MR) is 150 cm³/mol. The van der Waals surface area contributed by atoms with Crippen LogP contribution in [0.4, 0.5) is 0 Å². The highest BCUT2D eigenvalue weighted by atomic mass is 16.7. The van der Waals surface area contributed by atoms with Gasteiger partial charge in [0.15, 0.2) is 6.29 Å². The van der Waals surface area contributed by atoms with E-state index in [1.807, 2.05) is 48.5 Å². The van der Waals surface area contributed by atoms with E-state index >= 15 is 0 Å².